The van der Waals surface area contributed by atoms with Crippen LogP contribution in [-0.2, 0) is 0 Å². The molecule has 0 fully saturated rings. The number of pyridine rings is 1. The third kappa shape index (κ3) is 2.10. The lowest BCUT2D eigenvalue weighted by molar-refractivity contribution is 0.0947. The normalized spacial score (nSPS) is 11.3. The van der Waals surface area contributed by atoms with E-state index >= 15 is 0 Å². The first kappa shape index (κ1) is 15.0. The molecule has 0 amide bonds. The molecular weight excluding hydrogens is 320 g/mol. The van der Waals surface area contributed by atoms with Crippen LogP contribution in [0.1, 0.15) is 32.3 Å². The smallest absolute Gasteiger partial charge is 0.290 e. The van der Waals surface area contributed by atoms with Gasteiger partial charge in [0.05, 0.1) is 22.1 Å². The highest BCUT2D eigenvalue weighted by Gasteiger charge is 2.23. The maximum absolute atomic E-state index is 12.8. The molecule has 114 valence electrons. The first-order valence-corrected chi connectivity index (χ1v) is 7.93. The van der Waals surface area contributed by atoms with Crippen LogP contribution in [-0.4, -0.2) is 20.7 Å². The Kier molecular flexibility index (Phi) is 3.45. The van der Waals surface area contributed by atoms with E-state index in [2.05, 4.69) is 10.1 Å². The summed E-state index contributed by atoms with van der Waals surface area (Å²) >= 11 is 7.41. The van der Waals surface area contributed by atoms with Crippen molar-refractivity contribution >= 4 is 44.7 Å². The van der Waals surface area contributed by atoms with Crippen LogP contribution in [0.4, 0.5) is 5.69 Å². The molecule has 0 unspecified atom stereocenters. The van der Waals surface area contributed by atoms with E-state index in [4.69, 9.17) is 17.3 Å². The lowest BCUT2D eigenvalue weighted by Gasteiger charge is -2.02. The first-order chi connectivity index (χ1) is 10.3. The van der Waals surface area contributed by atoms with Crippen molar-refractivity contribution in [3.8, 4) is 0 Å². The Hall–Kier alpha value is -1.92. The van der Waals surface area contributed by atoms with E-state index < -0.39 is 0 Å². The molecule has 3 rings (SSSR count). The molecule has 7 heteroatoms. The molecule has 0 radical (unpaired) electrons. The van der Waals surface area contributed by atoms with E-state index in [1.807, 2.05) is 19.9 Å². The van der Waals surface area contributed by atoms with Gasteiger partial charge in [0.2, 0.25) is 0 Å². The summed E-state index contributed by atoms with van der Waals surface area (Å²) in [4.78, 5) is 18.4. The summed E-state index contributed by atoms with van der Waals surface area (Å²) in [6.07, 6.45) is 0. The van der Waals surface area contributed by atoms with Crippen molar-refractivity contribution < 1.29 is 4.79 Å². The van der Waals surface area contributed by atoms with Crippen LogP contribution in [0.15, 0.2) is 6.07 Å². The average molecular weight is 335 g/mol. The third-order valence-electron chi connectivity index (χ3n) is 3.61. The van der Waals surface area contributed by atoms with Crippen molar-refractivity contribution in [1.29, 1.82) is 0 Å². The highest BCUT2D eigenvalue weighted by Crippen LogP contribution is 2.36. The minimum Gasteiger partial charge on any atom is -0.397 e. The van der Waals surface area contributed by atoms with Gasteiger partial charge < -0.3 is 5.73 Å². The zero-order chi connectivity index (χ0) is 16.2. The van der Waals surface area contributed by atoms with Gasteiger partial charge in [-0.1, -0.05) is 11.6 Å². The third-order valence-corrected chi connectivity index (χ3v) is 5.25. The zero-order valence-corrected chi connectivity index (χ0v) is 14.3. The number of nitrogens with two attached hydrogens (primary N) is 1. The van der Waals surface area contributed by atoms with Gasteiger partial charge in [-0.15, -0.1) is 11.3 Å². The molecule has 5 nitrogen and oxygen atoms in total. The van der Waals surface area contributed by atoms with Crippen molar-refractivity contribution in [3.63, 3.8) is 0 Å². The highest BCUT2D eigenvalue weighted by molar-refractivity contribution is 7.21. The second kappa shape index (κ2) is 5.07. The van der Waals surface area contributed by atoms with Crippen LogP contribution in [0, 0.1) is 27.7 Å². The van der Waals surface area contributed by atoms with Gasteiger partial charge in [0, 0.05) is 11.1 Å². The summed E-state index contributed by atoms with van der Waals surface area (Å²) in [7, 11) is 0. The van der Waals surface area contributed by atoms with Gasteiger partial charge in [-0.25, -0.2) is 4.98 Å². The predicted octanol–water partition coefficient (Wildman–Crippen LogP) is 3.65. The topological polar surface area (TPSA) is 73.8 Å². The van der Waals surface area contributed by atoms with Gasteiger partial charge in [-0.3, -0.25) is 4.79 Å². The van der Waals surface area contributed by atoms with Gasteiger partial charge >= 0.3 is 0 Å². The van der Waals surface area contributed by atoms with E-state index in [-0.39, 0.29) is 5.91 Å². The fraction of sp³-hybridized carbons (Fsp3) is 0.267. The van der Waals surface area contributed by atoms with E-state index in [1.54, 1.807) is 13.8 Å². The van der Waals surface area contributed by atoms with Gasteiger partial charge in [0.25, 0.3) is 5.91 Å². The second-order valence-corrected chi connectivity index (χ2v) is 6.68. The van der Waals surface area contributed by atoms with Crippen LogP contribution >= 0.6 is 22.9 Å². The van der Waals surface area contributed by atoms with E-state index in [9.17, 15) is 4.79 Å². The second-order valence-electron chi connectivity index (χ2n) is 5.31. The van der Waals surface area contributed by atoms with Crippen molar-refractivity contribution in [1.82, 2.24) is 14.8 Å². The van der Waals surface area contributed by atoms with Crippen LogP contribution in [0.5, 0.6) is 0 Å². The minimum absolute atomic E-state index is 0.273. The fourth-order valence-corrected chi connectivity index (χ4v) is 3.81. The molecule has 2 N–H and O–H groups in total. The number of nitrogens with zero attached hydrogens (tertiary/aromatic N) is 3. The number of hydrogen-bond donors (Lipinski definition) is 1. The Balaban J connectivity index is 2.22. The lowest BCUT2D eigenvalue weighted by Crippen LogP contribution is -2.15. The maximum atomic E-state index is 12.8. The highest BCUT2D eigenvalue weighted by atomic mass is 35.5. The quantitative estimate of drug-likeness (QED) is 0.737. The monoisotopic (exact) mass is 334 g/mol. The number of anilines is 1. The number of fused-ring (bicyclic) bond motifs is 1. The number of thiophene rings is 1. The lowest BCUT2D eigenvalue weighted by atomic mass is 10.1. The van der Waals surface area contributed by atoms with Crippen LogP contribution < -0.4 is 5.73 Å². The molecule has 0 aliphatic rings. The Morgan fingerprint density at radius 1 is 1.32 bits per heavy atom. The largest absolute Gasteiger partial charge is 0.397 e. The number of hydrogen-bond acceptors (Lipinski definition) is 5. The molecule has 0 bridgehead atoms. The molecule has 0 spiro atoms. The number of aromatic nitrogens is 3. The summed E-state index contributed by atoms with van der Waals surface area (Å²) < 4.78 is 1.31. The minimum atomic E-state index is -0.273. The molecule has 3 aromatic heterocycles. The summed E-state index contributed by atoms with van der Waals surface area (Å²) in [5.74, 6) is -0.273. The SMILES string of the molecule is Cc1cc(C)c2c(N)c(C(=O)n3nc(C)c(Cl)c3C)sc2n1. The van der Waals surface area contributed by atoms with Crippen molar-refractivity contribution in [2.75, 3.05) is 5.73 Å². The Labute approximate surface area is 136 Å². The van der Waals surface area contributed by atoms with Gasteiger partial charge in [-0.2, -0.15) is 9.78 Å². The number of nitrogen functional groups attached to an aromatic ring is 1. The molecule has 0 saturated carbocycles. The first-order valence-electron chi connectivity index (χ1n) is 6.74. The van der Waals surface area contributed by atoms with Crippen LogP contribution in [0.3, 0.4) is 0 Å². The number of carbonyl (C=O) groups excluding carboxylic acids is 1. The summed E-state index contributed by atoms with van der Waals surface area (Å²) in [5.41, 5.74) is 9.81. The number of rotatable bonds is 1. The fourth-order valence-electron chi connectivity index (χ4n) is 2.55. The van der Waals surface area contributed by atoms with E-state index in [0.717, 1.165) is 21.5 Å². The zero-order valence-electron chi connectivity index (χ0n) is 12.7. The van der Waals surface area contributed by atoms with Gasteiger partial charge in [-0.05, 0) is 39.3 Å². The maximum Gasteiger partial charge on any atom is 0.290 e. The average Bonchev–Trinajstić information content (AvgIpc) is 2.90. The van der Waals surface area contributed by atoms with Crippen LogP contribution in [0.25, 0.3) is 10.2 Å². The Morgan fingerprint density at radius 3 is 2.59 bits per heavy atom. The standard InChI is InChI=1S/C15H15ClN4OS/c1-6-5-7(2)18-14-10(6)12(17)13(22-14)15(21)20-9(4)11(16)8(3)19-20/h5H,17H2,1-4H3. The molecule has 3 aromatic rings. The predicted molar refractivity (Wildman–Crippen MR) is 89.9 cm³/mol. The van der Waals surface area contributed by atoms with Gasteiger partial charge in [0.15, 0.2) is 0 Å². The van der Waals surface area contributed by atoms with Crippen LogP contribution in [0.2, 0.25) is 5.02 Å². The summed E-state index contributed by atoms with van der Waals surface area (Å²) in [6, 6.07) is 1.96. The van der Waals surface area contributed by atoms with E-state index in [0.29, 0.717) is 27.0 Å². The van der Waals surface area contributed by atoms with Crippen molar-refractivity contribution in [3.05, 3.63) is 38.6 Å². The molecule has 0 saturated heterocycles. The number of aryl methyl sites for hydroxylation is 3. The number of halogens is 1. The van der Waals surface area contributed by atoms with Crippen molar-refractivity contribution in [2.24, 2.45) is 0 Å². The van der Waals surface area contributed by atoms with Crippen molar-refractivity contribution in [2.45, 2.75) is 27.7 Å². The summed E-state index contributed by atoms with van der Waals surface area (Å²) in [6.45, 7) is 7.42. The summed E-state index contributed by atoms with van der Waals surface area (Å²) in [5, 5.41) is 5.54. The molecule has 0 aromatic carbocycles. The molecule has 0 atom stereocenters. The van der Waals surface area contributed by atoms with Gasteiger partial charge in [0.1, 0.15) is 9.71 Å². The molecular formula is C15H15ClN4OS. The van der Waals surface area contributed by atoms with E-state index in [1.165, 1.54) is 16.0 Å². The molecule has 0 aliphatic carbocycles. The Morgan fingerprint density at radius 2 is 2.00 bits per heavy atom. The molecule has 0 aliphatic heterocycles. The number of carbonyl (C=O) groups is 1. The molecule has 22 heavy (non-hydrogen) atoms. The Bertz CT molecular complexity index is 926. The molecule has 3 heterocycles.